The largest absolute Gasteiger partial charge is 0.616 e. The zero-order valence-electron chi connectivity index (χ0n) is 30.7. The zero-order valence-corrected chi connectivity index (χ0v) is 31.5. The quantitative estimate of drug-likeness (QED) is 0.224. The summed E-state index contributed by atoms with van der Waals surface area (Å²) >= 11 is -0.619. The number of allylic oxidation sites excluding steroid dienone is 3. The van der Waals surface area contributed by atoms with Crippen LogP contribution in [0, 0.1) is 51.2 Å². The van der Waals surface area contributed by atoms with Gasteiger partial charge < -0.3 is 15.0 Å². The van der Waals surface area contributed by atoms with Crippen LogP contribution in [0.4, 0.5) is 0 Å². The SMILES string of the molecule is C=C(C)C1CCC2(NCCN3CC[S+]([O-])CC3)CC[C@]3(C)[C@H](CC[C@@H]4[C@@]5(C)CC=C(c6ccc(C(=O)O)cc6)C(C)(C)[C@@H]5CC[C@]43C)[C@@H]12. The maximum Gasteiger partial charge on any atom is 0.335 e. The van der Waals surface area contributed by atoms with E-state index in [0.717, 1.165) is 50.0 Å². The Morgan fingerprint density at radius 1 is 0.958 bits per heavy atom. The summed E-state index contributed by atoms with van der Waals surface area (Å²) in [6.07, 6.45) is 14.1. The number of hydrogen-bond donors (Lipinski definition) is 2. The Hall–Kier alpha value is -1.60. The summed E-state index contributed by atoms with van der Waals surface area (Å²) < 4.78 is 11.9. The van der Waals surface area contributed by atoms with Crippen LogP contribution in [0.2, 0.25) is 0 Å². The van der Waals surface area contributed by atoms with Gasteiger partial charge in [0, 0.05) is 31.7 Å². The highest BCUT2D eigenvalue weighted by Crippen LogP contribution is 2.76. The summed E-state index contributed by atoms with van der Waals surface area (Å²) in [4.78, 5) is 14.1. The van der Waals surface area contributed by atoms with Gasteiger partial charge in [-0.1, -0.05) is 76.2 Å². The molecule has 0 aromatic heterocycles. The van der Waals surface area contributed by atoms with Gasteiger partial charge in [0.1, 0.15) is 11.5 Å². The van der Waals surface area contributed by atoms with Crippen LogP contribution in [-0.4, -0.2) is 63.8 Å². The first-order valence-corrected chi connectivity index (χ1v) is 20.7. The van der Waals surface area contributed by atoms with Gasteiger partial charge in [0.25, 0.3) is 0 Å². The third-order valence-corrected chi connectivity index (χ3v) is 17.5. The second kappa shape index (κ2) is 12.3. The van der Waals surface area contributed by atoms with Crippen molar-refractivity contribution in [3.63, 3.8) is 0 Å². The molecule has 6 heteroatoms. The minimum atomic E-state index is -0.859. The van der Waals surface area contributed by atoms with Crippen LogP contribution in [0.5, 0.6) is 0 Å². The molecule has 1 heterocycles. The van der Waals surface area contributed by atoms with Crippen LogP contribution in [0.25, 0.3) is 5.57 Å². The molecule has 264 valence electrons. The number of benzene rings is 1. The minimum absolute atomic E-state index is 0.0301. The van der Waals surface area contributed by atoms with E-state index >= 15 is 0 Å². The molecule has 2 N–H and O–H groups in total. The third kappa shape index (κ3) is 5.23. The number of aromatic carboxylic acids is 1. The zero-order chi connectivity index (χ0) is 34.3. The smallest absolute Gasteiger partial charge is 0.335 e. The first-order chi connectivity index (χ1) is 22.7. The summed E-state index contributed by atoms with van der Waals surface area (Å²) in [5.41, 5.74) is 5.49. The van der Waals surface area contributed by atoms with E-state index in [1.54, 1.807) is 12.1 Å². The standard InChI is InChI=1S/C42H62N2O3S/c1-28(2)31-14-19-42(43-22-23-44-24-26-48(47)27-25-44)21-20-40(6)33(36(31)42)12-13-35-39(5)17-15-32(29-8-10-30(11-9-29)37(45)46)38(3,4)34(39)16-18-41(35,40)7/h8-11,15,31,33-36,43H,1,12-14,16-27H2,2-7H3,(H,45,46)/t31?,33-,34+,35-,36-,39+,40-,41-,42?/m1/s1. The molecular formula is C42H62N2O3S. The van der Waals surface area contributed by atoms with E-state index in [-0.39, 0.29) is 16.4 Å². The lowest BCUT2D eigenvalue weighted by atomic mass is 9.33. The Morgan fingerprint density at radius 3 is 2.33 bits per heavy atom. The second-order valence-electron chi connectivity index (χ2n) is 18.4. The molecule has 1 aromatic rings. The summed E-state index contributed by atoms with van der Waals surface area (Å²) in [6.45, 7) is 24.0. The Bertz CT molecular complexity index is 1450. The fourth-order valence-corrected chi connectivity index (χ4v) is 14.8. The predicted molar refractivity (Wildman–Crippen MR) is 198 cm³/mol. The van der Waals surface area contributed by atoms with Crippen LogP contribution >= 0.6 is 0 Å². The Kier molecular flexibility index (Phi) is 8.90. The lowest BCUT2D eigenvalue weighted by Crippen LogP contribution is -2.68. The highest BCUT2D eigenvalue weighted by atomic mass is 32.2. The van der Waals surface area contributed by atoms with Crippen molar-refractivity contribution < 1.29 is 14.5 Å². The van der Waals surface area contributed by atoms with Crippen molar-refractivity contribution in [1.82, 2.24) is 10.2 Å². The van der Waals surface area contributed by atoms with Gasteiger partial charge in [0.15, 0.2) is 0 Å². The van der Waals surface area contributed by atoms with Gasteiger partial charge in [0.2, 0.25) is 0 Å². The maximum atomic E-state index is 11.9. The van der Waals surface area contributed by atoms with E-state index in [0.29, 0.717) is 40.1 Å². The summed E-state index contributed by atoms with van der Waals surface area (Å²) in [5, 5.41) is 13.8. The minimum Gasteiger partial charge on any atom is -0.616 e. The number of fused-ring (bicyclic) bond motifs is 7. The van der Waals surface area contributed by atoms with Crippen molar-refractivity contribution in [1.29, 1.82) is 0 Å². The van der Waals surface area contributed by atoms with Crippen LogP contribution < -0.4 is 5.32 Å². The first-order valence-electron chi connectivity index (χ1n) is 19.2. The van der Waals surface area contributed by atoms with Gasteiger partial charge in [-0.2, -0.15) is 0 Å². The summed E-state index contributed by atoms with van der Waals surface area (Å²) in [6, 6.07) is 7.63. The predicted octanol–water partition coefficient (Wildman–Crippen LogP) is 8.44. The molecule has 0 bridgehead atoms. The molecule has 1 saturated heterocycles. The molecule has 0 spiro atoms. The monoisotopic (exact) mass is 674 g/mol. The van der Waals surface area contributed by atoms with E-state index in [4.69, 9.17) is 0 Å². The molecule has 5 nitrogen and oxygen atoms in total. The van der Waals surface area contributed by atoms with E-state index in [9.17, 15) is 14.5 Å². The fourth-order valence-electron chi connectivity index (χ4n) is 13.7. The second-order valence-corrected chi connectivity index (χ2v) is 20.1. The number of carboxylic acids is 1. The van der Waals surface area contributed by atoms with Gasteiger partial charge >= 0.3 is 5.97 Å². The third-order valence-electron chi connectivity index (χ3n) is 16.3. The van der Waals surface area contributed by atoms with Crippen LogP contribution in [0.3, 0.4) is 0 Å². The lowest BCUT2D eigenvalue weighted by molar-refractivity contribution is -0.219. The fraction of sp³-hybridized carbons (Fsp3) is 0.738. The molecule has 7 rings (SSSR count). The Morgan fingerprint density at radius 2 is 1.67 bits per heavy atom. The Balaban J connectivity index is 1.15. The van der Waals surface area contributed by atoms with Crippen molar-refractivity contribution >= 4 is 22.7 Å². The van der Waals surface area contributed by atoms with Crippen molar-refractivity contribution in [2.24, 2.45) is 51.2 Å². The molecular weight excluding hydrogens is 613 g/mol. The van der Waals surface area contributed by atoms with Crippen molar-refractivity contribution in [3.05, 3.63) is 53.6 Å². The number of carboxylic acid groups (broad SMARTS) is 1. The summed E-state index contributed by atoms with van der Waals surface area (Å²) in [7, 11) is 0. The first kappa shape index (κ1) is 34.8. The van der Waals surface area contributed by atoms with Crippen molar-refractivity contribution in [2.45, 2.75) is 105 Å². The molecule has 5 fully saturated rings. The number of nitrogens with zero attached hydrogens (tertiary/aromatic N) is 1. The van der Waals surface area contributed by atoms with Crippen molar-refractivity contribution in [2.75, 3.05) is 37.7 Å². The van der Waals surface area contributed by atoms with E-state index in [1.807, 2.05) is 12.1 Å². The van der Waals surface area contributed by atoms with Gasteiger partial charge in [-0.05, 0) is 139 Å². The molecule has 0 amide bonds. The normalized spacial score (nSPS) is 42.6. The molecule has 1 aromatic carbocycles. The van der Waals surface area contributed by atoms with Gasteiger partial charge in [-0.15, -0.1) is 0 Å². The number of carbonyl (C=O) groups is 1. The average Bonchev–Trinajstić information content (AvgIpc) is 3.42. The summed E-state index contributed by atoms with van der Waals surface area (Å²) in [5.74, 6) is 4.10. The highest BCUT2D eigenvalue weighted by molar-refractivity contribution is 7.91. The topological polar surface area (TPSA) is 75.6 Å². The number of nitrogens with one attached hydrogen (secondary N) is 1. The number of hydrogen-bond acceptors (Lipinski definition) is 4. The van der Waals surface area contributed by atoms with Crippen molar-refractivity contribution in [3.8, 4) is 0 Å². The number of rotatable bonds is 7. The van der Waals surface area contributed by atoms with Gasteiger partial charge in [0.05, 0.1) is 5.56 Å². The molecule has 1 aliphatic heterocycles. The van der Waals surface area contributed by atoms with E-state index < -0.39 is 17.1 Å². The van der Waals surface area contributed by atoms with Crippen LogP contribution in [-0.2, 0) is 11.2 Å². The maximum absolute atomic E-state index is 11.9. The van der Waals surface area contributed by atoms with E-state index in [2.05, 4.69) is 64.4 Å². The van der Waals surface area contributed by atoms with Crippen LogP contribution in [0.1, 0.15) is 115 Å². The molecule has 4 saturated carbocycles. The highest BCUT2D eigenvalue weighted by Gasteiger charge is 2.70. The Labute approximate surface area is 294 Å². The molecule has 6 aliphatic rings. The molecule has 2 unspecified atom stereocenters. The molecule has 9 atom stereocenters. The molecule has 48 heavy (non-hydrogen) atoms. The van der Waals surface area contributed by atoms with E-state index in [1.165, 1.54) is 68.1 Å². The lowest BCUT2D eigenvalue weighted by Gasteiger charge is -2.72. The van der Waals surface area contributed by atoms with Gasteiger partial charge in [-0.25, -0.2) is 4.79 Å². The molecule has 0 radical (unpaired) electrons. The molecule has 5 aliphatic carbocycles. The van der Waals surface area contributed by atoms with Crippen LogP contribution in [0.15, 0.2) is 42.5 Å². The average molecular weight is 675 g/mol. The van der Waals surface area contributed by atoms with Gasteiger partial charge in [-0.3, -0.25) is 4.90 Å².